The Morgan fingerprint density at radius 1 is 1.35 bits per heavy atom. The first-order chi connectivity index (χ1) is 9.56. The SMILES string of the molecule is Cc1nnc(NC(=O)CCC(=O)N2CCCC[C@H]2C)s1. The number of likely N-dealkylation sites (tertiary alicyclic amines) is 1. The minimum absolute atomic E-state index is 0.0702. The number of amides is 2. The van der Waals surface area contributed by atoms with E-state index in [1.54, 1.807) is 0 Å². The van der Waals surface area contributed by atoms with Crippen LogP contribution in [0.4, 0.5) is 5.13 Å². The highest BCUT2D eigenvalue weighted by Gasteiger charge is 2.23. The monoisotopic (exact) mass is 296 g/mol. The Hall–Kier alpha value is -1.50. The van der Waals surface area contributed by atoms with Crippen molar-refractivity contribution in [3.63, 3.8) is 0 Å². The van der Waals surface area contributed by atoms with Crippen LogP contribution in [0, 0.1) is 6.92 Å². The minimum Gasteiger partial charge on any atom is -0.340 e. The van der Waals surface area contributed by atoms with E-state index in [0.717, 1.165) is 24.4 Å². The lowest BCUT2D eigenvalue weighted by molar-refractivity contribution is -0.135. The predicted molar refractivity (Wildman–Crippen MR) is 77.5 cm³/mol. The fourth-order valence-electron chi connectivity index (χ4n) is 2.36. The van der Waals surface area contributed by atoms with Crippen molar-refractivity contribution in [3.05, 3.63) is 5.01 Å². The van der Waals surface area contributed by atoms with Crippen molar-refractivity contribution in [2.45, 2.75) is 52.0 Å². The van der Waals surface area contributed by atoms with Crippen molar-refractivity contribution in [2.24, 2.45) is 0 Å². The standard InChI is InChI=1S/C13H20N4O2S/c1-9-5-3-4-8-17(9)12(19)7-6-11(18)14-13-16-15-10(2)20-13/h9H,3-8H2,1-2H3,(H,14,16,18)/t9-/m1/s1. The number of nitrogens with one attached hydrogen (secondary N) is 1. The van der Waals surface area contributed by atoms with Gasteiger partial charge in [0.2, 0.25) is 16.9 Å². The second-order valence-corrected chi connectivity index (χ2v) is 6.29. The van der Waals surface area contributed by atoms with E-state index in [4.69, 9.17) is 0 Å². The third kappa shape index (κ3) is 4.00. The largest absolute Gasteiger partial charge is 0.340 e. The van der Waals surface area contributed by atoms with E-state index in [1.807, 2.05) is 11.8 Å². The summed E-state index contributed by atoms with van der Waals surface area (Å²) >= 11 is 1.33. The average molecular weight is 296 g/mol. The van der Waals surface area contributed by atoms with E-state index in [9.17, 15) is 9.59 Å². The molecule has 110 valence electrons. The summed E-state index contributed by atoms with van der Waals surface area (Å²) in [5, 5.41) is 11.6. The zero-order valence-corrected chi connectivity index (χ0v) is 12.7. The molecule has 20 heavy (non-hydrogen) atoms. The second kappa shape index (κ2) is 6.78. The molecular formula is C13H20N4O2S. The van der Waals surface area contributed by atoms with Gasteiger partial charge >= 0.3 is 0 Å². The lowest BCUT2D eigenvalue weighted by atomic mass is 10.0. The Morgan fingerprint density at radius 2 is 2.15 bits per heavy atom. The first kappa shape index (κ1) is 14.9. The van der Waals surface area contributed by atoms with Gasteiger partial charge in [-0.3, -0.25) is 9.59 Å². The highest BCUT2D eigenvalue weighted by molar-refractivity contribution is 7.15. The van der Waals surface area contributed by atoms with Gasteiger partial charge in [-0.05, 0) is 33.1 Å². The molecule has 0 saturated carbocycles. The van der Waals surface area contributed by atoms with Crippen molar-refractivity contribution in [1.29, 1.82) is 0 Å². The number of carbonyl (C=O) groups is 2. The zero-order chi connectivity index (χ0) is 14.5. The smallest absolute Gasteiger partial charge is 0.226 e. The molecule has 1 aliphatic rings. The number of anilines is 1. The third-order valence-corrected chi connectivity index (χ3v) is 4.22. The summed E-state index contributed by atoms with van der Waals surface area (Å²) in [5.74, 6) is -0.111. The van der Waals surface area contributed by atoms with Crippen LogP contribution in [0.2, 0.25) is 0 Å². The summed E-state index contributed by atoms with van der Waals surface area (Å²) in [6, 6.07) is 0.296. The lowest BCUT2D eigenvalue weighted by Crippen LogP contribution is -2.42. The summed E-state index contributed by atoms with van der Waals surface area (Å²) in [6.45, 7) is 4.72. The molecule has 1 atom stereocenters. The van der Waals surface area contributed by atoms with Crippen LogP contribution in [0.3, 0.4) is 0 Å². The minimum atomic E-state index is -0.181. The number of hydrogen-bond donors (Lipinski definition) is 1. The van der Waals surface area contributed by atoms with Gasteiger partial charge in [-0.1, -0.05) is 11.3 Å². The molecule has 2 amide bonds. The average Bonchev–Trinajstić information content (AvgIpc) is 2.82. The second-order valence-electron chi connectivity index (χ2n) is 5.11. The molecule has 0 aromatic carbocycles. The molecule has 1 aromatic rings. The Labute approximate surface area is 122 Å². The number of carbonyl (C=O) groups excluding carboxylic acids is 2. The van der Waals surface area contributed by atoms with E-state index in [1.165, 1.54) is 17.8 Å². The van der Waals surface area contributed by atoms with Crippen LogP contribution in [0.25, 0.3) is 0 Å². The quantitative estimate of drug-likeness (QED) is 0.921. The molecule has 1 N–H and O–H groups in total. The summed E-state index contributed by atoms with van der Waals surface area (Å²) in [6.07, 6.45) is 3.75. The third-order valence-electron chi connectivity index (χ3n) is 3.46. The van der Waals surface area contributed by atoms with Gasteiger partial charge < -0.3 is 10.2 Å². The Kier molecular flexibility index (Phi) is 5.05. The number of hydrogen-bond acceptors (Lipinski definition) is 5. The molecule has 2 rings (SSSR count). The van der Waals surface area contributed by atoms with Crippen molar-refractivity contribution in [1.82, 2.24) is 15.1 Å². The van der Waals surface area contributed by atoms with Crippen LogP contribution in [0.5, 0.6) is 0 Å². The summed E-state index contributed by atoms with van der Waals surface area (Å²) in [5.41, 5.74) is 0. The fraction of sp³-hybridized carbons (Fsp3) is 0.692. The Bertz CT molecular complexity index is 488. The van der Waals surface area contributed by atoms with Gasteiger partial charge in [0.05, 0.1) is 0 Å². The molecule has 0 unspecified atom stereocenters. The summed E-state index contributed by atoms with van der Waals surface area (Å²) in [7, 11) is 0. The first-order valence-electron chi connectivity index (χ1n) is 6.95. The molecule has 0 bridgehead atoms. The molecule has 1 saturated heterocycles. The molecule has 0 aliphatic carbocycles. The van der Waals surface area contributed by atoms with Crippen LogP contribution >= 0.6 is 11.3 Å². The van der Waals surface area contributed by atoms with Gasteiger partial charge in [0.25, 0.3) is 0 Å². The van der Waals surface area contributed by atoms with Crippen molar-refractivity contribution in [2.75, 3.05) is 11.9 Å². The topological polar surface area (TPSA) is 75.2 Å². The van der Waals surface area contributed by atoms with Gasteiger partial charge in [0.1, 0.15) is 5.01 Å². The maximum Gasteiger partial charge on any atom is 0.226 e. The van der Waals surface area contributed by atoms with Crippen LogP contribution in [-0.4, -0.2) is 39.5 Å². The van der Waals surface area contributed by atoms with E-state index in [-0.39, 0.29) is 24.7 Å². The molecule has 1 aromatic heterocycles. The number of piperidine rings is 1. The van der Waals surface area contributed by atoms with E-state index < -0.39 is 0 Å². The highest BCUT2D eigenvalue weighted by atomic mass is 32.1. The molecule has 1 aliphatic heterocycles. The zero-order valence-electron chi connectivity index (χ0n) is 11.9. The molecule has 1 fully saturated rings. The number of nitrogens with zero attached hydrogens (tertiary/aromatic N) is 3. The lowest BCUT2D eigenvalue weighted by Gasteiger charge is -2.33. The van der Waals surface area contributed by atoms with E-state index >= 15 is 0 Å². The van der Waals surface area contributed by atoms with Gasteiger partial charge in [-0.15, -0.1) is 10.2 Å². The van der Waals surface area contributed by atoms with Gasteiger partial charge in [0.15, 0.2) is 0 Å². The van der Waals surface area contributed by atoms with Crippen molar-refractivity contribution >= 4 is 28.3 Å². The van der Waals surface area contributed by atoms with E-state index in [2.05, 4.69) is 22.4 Å². The first-order valence-corrected chi connectivity index (χ1v) is 7.77. The molecule has 7 heteroatoms. The Balaban J connectivity index is 1.76. The maximum atomic E-state index is 12.1. The molecule has 0 radical (unpaired) electrons. The van der Waals surface area contributed by atoms with E-state index in [0.29, 0.717) is 11.2 Å². The maximum absolute atomic E-state index is 12.1. The predicted octanol–water partition coefficient (Wildman–Crippen LogP) is 1.97. The molecule has 2 heterocycles. The van der Waals surface area contributed by atoms with Crippen molar-refractivity contribution < 1.29 is 9.59 Å². The number of aromatic nitrogens is 2. The van der Waals surface area contributed by atoms with Gasteiger partial charge in [-0.25, -0.2) is 0 Å². The van der Waals surface area contributed by atoms with Crippen LogP contribution in [0.15, 0.2) is 0 Å². The van der Waals surface area contributed by atoms with Crippen LogP contribution < -0.4 is 5.32 Å². The van der Waals surface area contributed by atoms with Gasteiger partial charge in [-0.2, -0.15) is 0 Å². The molecule has 6 nitrogen and oxygen atoms in total. The highest BCUT2D eigenvalue weighted by Crippen LogP contribution is 2.18. The van der Waals surface area contributed by atoms with Crippen molar-refractivity contribution in [3.8, 4) is 0 Å². The normalized spacial score (nSPS) is 18.9. The molecule has 0 spiro atoms. The summed E-state index contributed by atoms with van der Waals surface area (Å²) < 4.78 is 0. The van der Waals surface area contributed by atoms with Crippen LogP contribution in [0.1, 0.15) is 44.0 Å². The van der Waals surface area contributed by atoms with Crippen LogP contribution in [-0.2, 0) is 9.59 Å². The Morgan fingerprint density at radius 3 is 2.80 bits per heavy atom. The summed E-state index contributed by atoms with van der Waals surface area (Å²) in [4.78, 5) is 25.7. The number of aryl methyl sites for hydroxylation is 1. The molecular weight excluding hydrogens is 276 g/mol. The fourth-order valence-corrected chi connectivity index (χ4v) is 2.97. The number of rotatable bonds is 4. The van der Waals surface area contributed by atoms with Gasteiger partial charge in [0, 0.05) is 25.4 Å².